The summed E-state index contributed by atoms with van der Waals surface area (Å²) >= 11 is 1.81. The maximum absolute atomic E-state index is 5.66. The zero-order valence-corrected chi connectivity index (χ0v) is 12.7. The van der Waals surface area contributed by atoms with Gasteiger partial charge < -0.3 is 15.4 Å². The van der Waals surface area contributed by atoms with Crippen molar-refractivity contribution >= 4 is 17.7 Å². The first kappa shape index (κ1) is 15.7. The van der Waals surface area contributed by atoms with E-state index in [-0.39, 0.29) is 0 Å². The molecule has 106 valence electrons. The summed E-state index contributed by atoms with van der Waals surface area (Å²) in [6.07, 6.45) is 2.09. The molecular weight excluding hydrogens is 258 g/mol. The fraction of sp³-hybridized carbons (Fsp3) is 0.500. The normalized spacial score (nSPS) is 11.2. The van der Waals surface area contributed by atoms with E-state index in [2.05, 4.69) is 34.9 Å². The highest BCUT2D eigenvalue weighted by molar-refractivity contribution is 7.98. The van der Waals surface area contributed by atoms with Crippen molar-refractivity contribution in [2.45, 2.75) is 6.92 Å². The molecule has 19 heavy (non-hydrogen) atoms. The van der Waals surface area contributed by atoms with Crippen LogP contribution in [0.15, 0.2) is 29.3 Å². The molecule has 0 radical (unpaired) electrons. The Morgan fingerprint density at radius 1 is 1.32 bits per heavy atom. The second-order valence-electron chi connectivity index (χ2n) is 4.08. The van der Waals surface area contributed by atoms with Gasteiger partial charge in [0.2, 0.25) is 0 Å². The Kier molecular flexibility index (Phi) is 7.89. The Bertz CT molecular complexity index is 396. The van der Waals surface area contributed by atoms with Crippen LogP contribution in [0.2, 0.25) is 0 Å². The molecule has 5 heteroatoms. The molecule has 0 aliphatic rings. The number of hydrogen-bond acceptors (Lipinski definition) is 3. The summed E-state index contributed by atoms with van der Waals surface area (Å²) in [5.41, 5.74) is 1.21. The summed E-state index contributed by atoms with van der Waals surface area (Å²) in [6.45, 7) is 4.32. The molecule has 0 spiro atoms. The first-order valence-corrected chi connectivity index (χ1v) is 7.78. The number of nitrogens with one attached hydrogen (secondary N) is 2. The zero-order chi connectivity index (χ0) is 13.9. The summed E-state index contributed by atoms with van der Waals surface area (Å²) in [5.74, 6) is 2.80. The lowest BCUT2D eigenvalue weighted by Gasteiger charge is -2.12. The van der Waals surface area contributed by atoms with Crippen LogP contribution < -0.4 is 15.4 Å². The molecule has 0 amide bonds. The molecule has 0 heterocycles. The van der Waals surface area contributed by atoms with Crippen molar-refractivity contribution in [3.8, 4) is 5.75 Å². The van der Waals surface area contributed by atoms with Gasteiger partial charge in [-0.15, -0.1) is 0 Å². The van der Waals surface area contributed by atoms with Crippen molar-refractivity contribution in [2.75, 3.05) is 38.8 Å². The van der Waals surface area contributed by atoms with Gasteiger partial charge in [-0.2, -0.15) is 11.8 Å². The van der Waals surface area contributed by atoms with Crippen molar-refractivity contribution in [1.29, 1.82) is 0 Å². The molecule has 1 rings (SSSR count). The lowest BCUT2D eigenvalue weighted by atomic mass is 10.2. The number of ether oxygens (including phenoxy) is 1. The van der Waals surface area contributed by atoms with Crippen molar-refractivity contribution in [2.24, 2.45) is 4.99 Å². The van der Waals surface area contributed by atoms with E-state index in [9.17, 15) is 0 Å². The second-order valence-corrected chi connectivity index (χ2v) is 5.07. The van der Waals surface area contributed by atoms with Crippen molar-refractivity contribution in [3.63, 3.8) is 0 Å². The lowest BCUT2D eigenvalue weighted by Crippen LogP contribution is -2.40. The van der Waals surface area contributed by atoms with Gasteiger partial charge in [-0.25, -0.2) is 0 Å². The topological polar surface area (TPSA) is 45.7 Å². The Morgan fingerprint density at radius 2 is 2.11 bits per heavy atom. The van der Waals surface area contributed by atoms with Gasteiger partial charge in [-0.05, 0) is 30.9 Å². The van der Waals surface area contributed by atoms with Crippen molar-refractivity contribution in [3.05, 3.63) is 29.8 Å². The Morgan fingerprint density at radius 3 is 2.79 bits per heavy atom. The minimum Gasteiger partial charge on any atom is -0.492 e. The molecule has 2 N–H and O–H groups in total. The van der Waals surface area contributed by atoms with Crippen LogP contribution >= 0.6 is 11.8 Å². The van der Waals surface area contributed by atoms with Gasteiger partial charge in [0.05, 0.1) is 6.54 Å². The van der Waals surface area contributed by atoms with Crippen LogP contribution in [0.25, 0.3) is 0 Å². The monoisotopic (exact) mass is 281 g/mol. The minimum absolute atomic E-state index is 0.618. The highest BCUT2D eigenvalue weighted by Crippen LogP contribution is 2.11. The van der Waals surface area contributed by atoms with Gasteiger partial charge in [0.15, 0.2) is 5.96 Å². The Balaban J connectivity index is 2.18. The van der Waals surface area contributed by atoms with Crippen LogP contribution in [0.1, 0.15) is 5.56 Å². The smallest absolute Gasteiger partial charge is 0.191 e. The lowest BCUT2D eigenvalue weighted by molar-refractivity contribution is 0.322. The fourth-order valence-corrected chi connectivity index (χ4v) is 1.84. The van der Waals surface area contributed by atoms with E-state index < -0.39 is 0 Å². The van der Waals surface area contributed by atoms with Crippen molar-refractivity contribution < 1.29 is 4.74 Å². The van der Waals surface area contributed by atoms with E-state index in [1.165, 1.54) is 5.56 Å². The summed E-state index contributed by atoms with van der Waals surface area (Å²) in [5, 5.41) is 6.46. The van der Waals surface area contributed by atoms with Crippen LogP contribution in [0.5, 0.6) is 5.75 Å². The number of benzene rings is 1. The second kappa shape index (κ2) is 9.55. The van der Waals surface area contributed by atoms with Gasteiger partial charge in [-0.1, -0.05) is 12.1 Å². The van der Waals surface area contributed by atoms with Gasteiger partial charge in [0.25, 0.3) is 0 Å². The average molecular weight is 281 g/mol. The van der Waals surface area contributed by atoms with E-state index >= 15 is 0 Å². The minimum atomic E-state index is 0.618. The maximum Gasteiger partial charge on any atom is 0.191 e. The molecule has 0 unspecified atom stereocenters. The molecule has 1 aromatic rings. The molecular formula is C14H23N3OS. The predicted molar refractivity (Wildman–Crippen MR) is 84.4 cm³/mol. The van der Waals surface area contributed by atoms with Gasteiger partial charge in [-0.3, -0.25) is 4.99 Å². The quantitative estimate of drug-likeness (QED) is 0.455. The maximum atomic E-state index is 5.66. The number of guanidine groups is 1. The highest BCUT2D eigenvalue weighted by Gasteiger charge is 1.97. The number of aliphatic imine (C=N–C) groups is 1. The Hall–Kier alpha value is -1.36. The Labute approximate surface area is 120 Å². The standard InChI is InChI=1S/C14H23N3OS/c1-12-5-4-6-13(11-12)18-9-7-16-14(15-2)17-8-10-19-3/h4-6,11H,7-10H2,1-3H3,(H2,15,16,17). The zero-order valence-electron chi connectivity index (χ0n) is 11.9. The van der Waals surface area contributed by atoms with Crippen LogP contribution in [0.3, 0.4) is 0 Å². The fourth-order valence-electron chi connectivity index (χ4n) is 1.54. The summed E-state index contributed by atoms with van der Waals surface area (Å²) < 4.78 is 5.66. The first-order valence-electron chi connectivity index (χ1n) is 6.39. The molecule has 0 saturated carbocycles. The van der Waals surface area contributed by atoms with Gasteiger partial charge >= 0.3 is 0 Å². The number of hydrogen-bond donors (Lipinski definition) is 2. The predicted octanol–water partition coefficient (Wildman–Crippen LogP) is 1.90. The van der Waals surface area contributed by atoms with Crippen LogP contribution in [0, 0.1) is 6.92 Å². The third kappa shape index (κ3) is 6.96. The molecule has 4 nitrogen and oxygen atoms in total. The number of nitrogens with zero attached hydrogens (tertiary/aromatic N) is 1. The molecule has 0 saturated heterocycles. The molecule has 0 aliphatic carbocycles. The van der Waals surface area contributed by atoms with Crippen LogP contribution in [-0.4, -0.2) is 44.7 Å². The third-order valence-electron chi connectivity index (χ3n) is 2.48. The van der Waals surface area contributed by atoms with E-state index in [1.807, 2.05) is 30.0 Å². The van der Waals surface area contributed by atoms with Crippen LogP contribution in [-0.2, 0) is 0 Å². The van der Waals surface area contributed by atoms with Gasteiger partial charge in [0, 0.05) is 19.3 Å². The highest BCUT2D eigenvalue weighted by atomic mass is 32.2. The summed E-state index contributed by atoms with van der Waals surface area (Å²) in [4.78, 5) is 4.15. The molecule has 0 aromatic heterocycles. The van der Waals surface area contributed by atoms with E-state index in [4.69, 9.17) is 4.74 Å². The number of aryl methyl sites for hydroxylation is 1. The van der Waals surface area contributed by atoms with E-state index in [1.54, 1.807) is 7.05 Å². The van der Waals surface area contributed by atoms with Gasteiger partial charge in [0.1, 0.15) is 12.4 Å². The largest absolute Gasteiger partial charge is 0.492 e. The molecule has 0 atom stereocenters. The molecule has 0 aliphatic heterocycles. The first-order chi connectivity index (χ1) is 9.26. The summed E-state index contributed by atoms with van der Waals surface area (Å²) in [7, 11) is 1.77. The van der Waals surface area contributed by atoms with E-state index in [0.29, 0.717) is 6.61 Å². The van der Waals surface area contributed by atoms with Crippen molar-refractivity contribution in [1.82, 2.24) is 10.6 Å². The molecule has 1 aromatic carbocycles. The van der Waals surface area contributed by atoms with Crippen LogP contribution in [0.4, 0.5) is 0 Å². The third-order valence-corrected chi connectivity index (χ3v) is 3.09. The average Bonchev–Trinajstić information content (AvgIpc) is 2.41. The number of rotatable bonds is 7. The molecule has 0 bridgehead atoms. The molecule has 0 fully saturated rings. The van der Waals surface area contributed by atoms with E-state index in [0.717, 1.165) is 30.6 Å². The SMILES string of the molecule is CN=C(NCCOc1cccc(C)c1)NCCSC. The summed E-state index contributed by atoms with van der Waals surface area (Å²) in [6, 6.07) is 8.06. The number of thioether (sulfide) groups is 1.